The number of rotatable bonds is 8. The van der Waals surface area contributed by atoms with Crippen LogP contribution in [-0.2, 0) is 9.47 Å². The van der Waals surface area contributed by atoms with Crippen LogP contribution in [0.2, 0.25) is 5.02 Å². The summed E-state index contributed by atoms with van der Waals surface area (Å²) < 4.78 is 11.3. The molecule has 1 aromatic carbocycles. The predicted molar refractivity (Wildman–Crippen MR) is 119 cm³/mol. The van der Waals surface area contributed by atoms with Gasteiger partial charge >= 0.3 is 6.03 Å². The first-order valence-corrected chi connectivity index (χ1v) is 11.2. The zero-order chi connectivity index (χ0) is 22.0. The van der Waals surface area contributed by atoms with Crippen molar-refractivity contribution in [1.82, 2.24) is 19.9 Å². The number of hydrogen-bond donors (Lipinski definition) is 1. The van der Waals surface area contributed by atoms with E-state index in [0.717, 1.165) is 25.7 Å². The topological polar surface area (TPSA) is 81.5 Å². The zero-order valence-electron chi connectivity index (χ0n) is 18.3. The molecule has 1 N–H and O–H groups in total. The van der Waals surface area contributed by atoms with E-state index in [1.807, 2.05) is 4.90 Å². The third kappa shape index (κ3) is 4.16. The molecule has 2 fully saturated rings. The summed E-state index contributed by atoms with van der Waals surface area (Å²) in [7, 11) is 1.67. The lowest BCUT2D eigenvalue weighted by molar-refractivity contribution is -0.173. The molecular formula is C22H30ClN5O3. The molecule has 2 bridgehead atoms. The number of methoxy groups -OCH3 is 1. The van der Waals surface area contributed by atoms with Crippen molar-refractivity contribution in [3.63, 3.8) is 0 Å². The first-order valence-electron chi connectivity index (χ1n) is 10.9. The maximum Gasteiger partial charge on any atom is 0.322 e. The second kappa shape index (κ2) is 9.14. The minimum absolute atomic E-state index is 0.0125. The number of urea groups is 1. The van der Waals surface area contributed by atoms with E-state index < -0.39 is 0 Å². The van der Waals surface area contributed by atoms with Crippen molar-refractivity contribution in [3.05, 3.63) is 35.6 Å². The molecule has 4 atom stereocenters. The Hall–Kier alpha value is -2.16. The second-order valence-corrected chi connectivity index (χ2v) is 8.96. The lowest BCUT2D eigenvalue weighted by Crippen LogP contribution is -2.76. The van der Waals surface area contributed by atoms with Crippen molar-refractivity contribution in [3.8, 4) is 5.69 Å². The van der Waals surface area contributed by atoms with Crippen molar-refractivity contribution in [1.29, 1.82) is 0 Å². The van der Waals surface area contributed by atoms with E-state index in [2.05, 4.69) is 29.4 Å². The number of amides is 2. The third-order valence-electron chi connectivity index (χ3n) is 6.44. The van der Waals surface area contributed by atoms with Crippen molar-refractivity contribution in [2.75, 3.05) is 25.6 Å². The van der Waals surface area contributed by atoms with Gasteiger partial charge in [0.1, 0.15) is 5.69 Å². The Kier molecular flexibility index (Phi) is 6.50. The summed E-state index contributed by atoms with van der Waals surface area (Å²) in [6.45, 7) is 5.47. The Morgan fingerprint density at radius 3 is 2.81 bits per heavy atom. The Morgan fingerprint density at radius 2 is 2.10 bits per heavy atom. The minimum Gasteiger partial charge on any atom is -0.382 e. The van der Waals surface area contributed by atoms with Crippen LogP contribution in [-0.4, -0.2) is 63.9 Å². The SMILES string of the molecule is CC[C@@H](OCCOC)[C@@]12C[C@H](C)C[C@@H](C1)N2C(=O)Nc1ccc(Cl)c(-n2nccn2)c1. The molecule has 2 aromatic rings. The Morgan fingerprint density at radius 1 is 1.32 bits per heavy atom. The zero-order valence-corrected chi connectivity index (χ0v) is 19.0. The highest BCUT2D eigenvalue weighted by Crippen LogP contribution is 2.53. The first kappa shape index (κ1) is 22.0. The molecular weight excluding hydrogens is 418 g/mol. The molecule has 1 aliphatic carbocycles. The van der Waals surface area contributed by atoms with E-state index >= 15 is 0 Å². The summed E-state index contributed by atoms with van der Waals surface area (Å²) in [6, 6.07) is 5.47. The number of anilines is 1. The maximum absolute atomic E-state index is 13.4. The van der Waals surface area contributed by atoms with Crippen LogP contribution in [0.5, 0.6) is 0 Å². The fourth-order valence-electron chi connectivity index (χ4n) is 5.35. The molecule has 0 spiro atoms. The van der Waals surface area contributed by atoms with Gasteiger partial charge in [0.25, 0.3) is 0 Å². The molecule has 8 nitrogen and oxygen atoms in total. The third-order valence-corrected chi connectivity index (χ3v) is 6.76. The number of benzene rings is 1. The molecule has 9 heteroatoms. The van der Waals surface area contributed by atoms with Gasteiger partial charge in [0.05, 0.1) is 42.3 Å². The predicted octanol–water partition coefficient (Wildman–Crippen LogP) is 4.14. The summed E-state index contributed by atoms with van der Waals surface area (Å²) >= 11 is 6.31. The number of halogens is 1. The van der Waals surface area contributed by atoms with Crippen LogP contribution in [0.3, 0.4) is 0 Å². The van der Waals surface area contributed by atoms with Crippen molar-refractivity contribution >= 4 is 23.3 Å². The number of hydrogen-bond acceptors (Lipinski definition) is 5. The highest BCUT2D eigenvalue weighted by molar-refractivity contribution is 6.32. The summed E-state index contributed by atoms with van der Waals surface area (Å²) in [5.41, 5.74) is 1.00. The quantitative estimate of drug-likeness (QED) is 0.615. The molecule has 1 aliphatic heterocycles. The van der Waals surface area contributed by atoms with Crippen LogP contribution in [0.4, 0.5) is 10.5 Å². The summed E-state index contributed by atoms with van der Waals surface area (Å²) in [6.07, 6.45) is 6.96. The van der Waals surface area contributed by atoms with Crippen LogP contribution in [0.1, 0.15) is 39.5 Å². The van der Waals surface area contributed by atoms with Gasteiger partial charge in [-0.1, -0.05) is 25.4 Å². The van der Waals surface area contributed by atoms with Crippen LogP contribution < -0.4 is 5.32 Å². The molecule has 2 amide bonds. The van der Waals surface area contributed by atoms with Gasteiger partial charge in [-0.3, -0.25) is 0 Å². The van der Waals surface area contributed by atoms with Crippen molar-refractivity contribution < 1.29 is 14.3 Å². The number of ether oxygens (including phenoxy) is 2. The summed E-state index contributed by atoms with van der Waals surface area (Å²) in [5.74, 6) is 0.566. The van der Waals surface area contributed by atoms with E-state index in [0.29, 0.717) is 35.5 Å². The summed E-state index contributed by atoms with van der Waals surface area (Å²) in [4.78, 5) is 16.9. The molecule has 168 valence electrons. The molecule has 0 radical (unpaired) electrons. The minimum atomic E-state index is -0.270. The first-order chi connectivity index (χ1) is 15.0. The van der Waals surface area contributed by atoms with E-state index in [1.165, 1.54) is 4.80 Å². The molecule has 1 saturated carbocycles. The van der Waals surface area contributed by atoms with Crippen molar-refractivity contribution in [2.24, 2.45) is 5.92 Å². The fraction of sp³-hybridized carbons (Fsp3) is 0.591. The highest BCUT2D eigenvalue weighted by Gasteiger charge is 2.61. The van der Waals surface area contributed by atoms with Crippen LogP contribution >= 0.6 is 11.6 Å². The second-order valence-electron chi connectivity index (χ2n) is 8.55. The molecule has 1 aromatic heterocycles. The normalized spacial score (nSPS) is 25.7. The molecule has 4 rings (SSSR count). The van der Waals surface area contributed by atoms with Crippen LogP contribution in [0.15, 0.2) is 30.6 Å². The number of nitrogens with one attached hydrogen (secondary N) is 1. The smallest absolute Gasteiger partial charge is 0.322 e. The lowest BCUT2D eigenvalue weighted by atomic mass is 9.61. The van der Waals surface area contributed by atoms with Crippen molar-refractivity contribution in [2.45, 2.75) is 57.2 Å². The van der Waals surface area contributed by atoms with Gasteiger partial charge in [0.15, 0.2) is 0 Å². The van der Waals surface area contributed by atoms with Gasteiger partial charge in [0.2, 0.25) is 0 Å². The largest absolute Gasteiger partial charge is 0.382 e. The van der Waals surface area contributed by atoms with Gasteiger partial charge < -0.3 is 19.7 Å². The number of carbonyl (C=O) groups is 1. The maximum atomic E-state index is 13.4. The summed E-state index contributed by atoms with van der Waals surface area (Å²) in [5, 5.41) is 11.9. The lowest BCUT2D eigenvalue weighted by Gasteiger charge is -2.65. The highest BCUT2D eigenvalue weighted by atomic mass is 35.5. The molecule has 2 heterocycles. The average Bonchev–Trinajstić information content (AvgIpc) is 3.26. The van der Waals surface area contributed by atoms with Gasteiger partial charge in [-0.2, -0.15) is 15.0 Å². The average molecular weight is 448 g/mol. The molecule has 0 unspecified atom stereocenters. The van der Waals surface area contributed by atoms with E-state index in [4.69, 9.17) is 21.1 Å². The molecule has 2 aliphatic rings. The van der Waals surface area contributed by atoms with Crippen LogP contribution in [0, 0.1) is 5.92 Å². The number of piperidine rings is 1. The molecule has 31 heavy (non-hydrogen) atoms. The number of carbonyl (C=O) groups excluding carboxylic acids is 1. The Bertz CT molecular complexity index is 909. The Labute approximate surface area is 187 Å². The van der Waals surface area contributed by atoms with Gasteiger partial charge in [-0.15, -0.1) is 0 Å². The van der Waals surface area contributed by atoms with E-state index in [-0.39, 0.29) is 23.7 Å². The van der Waals surface area contributed by atoms with Crippen LogP contribution in [0.25, 0.3) is 5.69 Å². The number of aromatic nitrogens is 3. The monoisotopic (exact) mass is 447 g/mol. The van der Waals surface area contributed by atoms with Gasteiger partial charge in [-0.05, 0) is 49.8 Å². The number of likely N-dealkylation sites (tertiary alicyclic amines) is 1. The van der Waals surface area contributed by atoms with Gasteiger partial charge in [0, 0.05) is 18.8 Å². The van der Waals surface area contributed by atoms with E-state index in [9.17, 15) is 4.79 Å². The number of nitrogens with zero attached hydrogens (tertiary/aromatic N) is 4. The fourth-order valence-corrected chi connectivity index (χ4v) is 5.54. The standard InChI is InChI=1S/C22H30ClN5O3/c1-4-20(31-10-9-30-3)22-13-15(2)11-17(14-22)27(22)21(29)26-16-5-6-18(23)19(12-16)28-24-7-8-25-28/h5-8,12,15,17,20H,4,9-11,13-14H2,1-3H3,(H,26,29)/t15-,17+,20-,22-/m1/s1. The van der Waals surface area contributed by atoms with Gasteiger partial charge in [-0.25, -0.2) is 4.79 Å². The molecule has 1 saturated heterocycles. The van der Waals surface area contributed by atoms with E-state index in [1.54, 1.807) is 37.7 Å². The number of fused-ring (bicyclic) bond motifs is 2. The Balaban J connectivity index is 1.54.